The van der Waals surface area contributed by atoms with Crippen LogP contribution in [0, 0.1) is 0 Å². The second kappa shape index (κ2) is 7.94. The van der Waals surface area contributed by atoms with Crippen molar-refractivity contribution >= 4 is 17.5 Å². The fraction of sp³-hybridized carbons (Fsp3) is 0.389. The first kappa shape index (κ1) is 17.2. The molecule has 0 saturated carbocycles. The molecule has 25 heavy (non-hydrogen) atoms. The molecule has 0 aromatic carbocycles. The summed E-state index contributed by atoms with van der Waals surface area (Å²) in [7, 11) is 0. The van der Waals surface area contributed by atoms with Gasteiger partial charge in [0.15, 0.2) is 0 Å². The van der Waals surface area contributed by atoms with E-state index in [-0.39, 0.29) is 5.91 Å². The van der Waals surface area contributed by atoms with Gasteiger partial charge < -0.3 is 20.9 Å². The summed E-state index contributed by atoms with van der Waals surface area (Å²) in [6.45, 7) is 5.61. The van der Waals surface area contributed by atoms with Gasteiger partial charge in [0.2, 0.25) is 5.91 Å². The Morgan fingerprint density at radius 2 is 1.84 bits per heavy atom. The van der Waals surface area contributed by atoms with Gasteiger partial charge in [0.25, 0.3) is 0 Å². The first-order valence-corrected chi connectivity index (χ1v) is 8.53. The Hall–Kier alpha value is -2.67. The van der Waals surface area contributed by atoms with Gasteiger partial charge in [-0.3, -0.25) is 4.79 Å². The molecule has 1 atom stereocenters. The Balaban J connectivity index is 1.64. The van der Waals surface area contributed by atoms with Crippen molar-refractivity contribution in [2.75, 3.05) is 36.0 Å². The lowest BCUT2D eigenvalue weighted by Gasteiger charge is -2.36. The molecular weight excluding hydrogens is 316 g/mol. The van der Waals surface area contributed by atoms with Crippen molar-refractivity contribution in [3.05, 3.63) is 48.3 Å². The summed E-state index contributed by atoms with van der Waals surface area (Å²) in [6, 6.07) is 9.34. The van der Waals surface area contributed by atoms with Gasteiger partial charge in [0.1, 0.15) is 11.6 Å². The number of anilines is 2. The summed E-state index contributed by atoms with van der Waals surface area (Å²) in [5.74, 6) is 1.77. The van der Waals surface area contributed by atoms with E-state index < -0.39 is 6.04 Å². The molecule has 2 aromatic heterocycles. The van der Waals surface area contributed by atoms with E-state index in [9.17, 15) is 4.79 Å². The van der Waals surface area contributed by atoms with Gasteiger partial charge in [0.05, 0.1) is 6.04 Å². The molecule has 7 heteroatoms. The lowest BCUT2D eigenvalue weighted by atomic mass is 10.2. The third-order valence-electron chi connectivity index (χ3n) is 4.29. The summed E-state index contributed by atoms with van der Waals surface area (Å²) in [5.41, 5.74) is 6.60. The number of rotatable bonds is 5. The fourth-order valence-corrected chi connectivity index (χ4v) is 2.88. The van der Waals surface area contributed by atoms with Gasteiger partial charge >= 0.3 is 0 Å². The van der Waals surface area contributed by atoms with E-state index in [0.717, 1.165) is 43.4 Å². The average Bonchev–Trinajstić information content (AvgIpc) is 2.67. The largest absolute Gasteiger partial charge is 0.353 e. The number of pyridine rings is 2. The minimum absolute atomic E-state index is 0.158. The van der Waals surface area contributed by atoms with Crippen LogP contribution in [0.25, 0.3) is 0 Å². The molecule has 1 fully saturated rings. The van der Waals surface area contributed by atoms with Crippen LogP contribution in [-0.2, 0) is 11.3 Å². The third kappa shape index (κ3) is 4.24. The maximum absolute atomic E-state index is 11.7. The SMILES string of the molecule is C[C@@H](N)C(=O)NCc1cccnc1N1CCN(c2ccccn2)CC1. The normalized spacial score (nSPS) is 15.8. The molecular formula is C18H24N6O. The summed E-state index contributed by atoms with van der Waals surface area (Å²) in [4.78, 5) is 25.2. The molecule has 0 aliphatic carbocycles. The lowest BCUT2D eigenvalue weighted by Crippen LogP contribution is -2.47. The minimum Gasteiger partial charge on any atom is -0.353 e. The van der Waals surface area contributed by atoms with Crippen LogP contribution in [0.3, 0.4) is 0 Å². The molecule has 3 rings (SSSR count). The molecule has 3 heterocycles. The Kier molecular flexibility index (Phi) is 5.45. The van der Waals surface area contributed by atoms with Crippen LogP contribution in [0.2, 0.25) is 0 Å². The number of nitrogens with one attached hydrogen (secondary N) is 1. The topological polar surface area (TPSA) is 87.4 Å². The molecule has 0 spiro atoms. The predicted octanol–water partition coefficient (Wildman–Crippen LogP) is 0.767. The highest BCUT2D eigenvalue weighted by molar-refractivity contribution is 5.81. The zero-order chi connectivity index (χ0) is 17.6. The zero-order valence-electron chi connectivity index (χ0n) is 14.4. The Morgan fingerprint density at radius 3 is 2.52 bits per heavy atom. The number of carbonyl (C=O) groups excluding carboxylic acids is 1. The van der Waals surface area contributed by atoms with Crippen molar-refractivity contribution < 1.29 is 4.79 Å². The molecule has 1 aliphatic heterocycles. The first-order valence-electron chi connectivity index (χ1n) is 8.53. The number of nitrogens with two attached hydrogens (primary N) is 1. The molecule has 1 aliphatic rings. The van der Waals surface area contributed by atoms with E-state index in [0.29, 0.717) is 6.54 Å². The molecule has 3 N–H and O–H groups in total. The second-order valence-corrected chi connectivity index (χ2v) is 6.15. The molecule has 0 unspecified atom stereocenters. The van der Waals surface area contributed by atoms with Gasteiger partial charge in [-0.1, -0.05) is 12.1 Å². The summed E-state index contributed by atoms with van der Waals surface area (Å²) in [6.07, 6.45) is 3.61. The highest BCUT2D eigenvalue weighted by Crippen LogP contribution is 2.20. The van der Waals surface area contributed by atoms with E-state index in [1.54, 1.807) is 13.1 Å². The predicted molar refractivity (Wildman–Crippen MR) is 98.4 cm³/mol. The quantitative estimate of drug-likeness (QED) is 0.836. The fourth-order valence-electron chi connectivity index (χ4n) is 2.88. The van der Waals surface area contributed by atoms with Crippen LogP contribution >= 0.6 is 0 Å². The van der Waals surface area contributed by atoms with Crippen molar-refractivity contribution in [2.45, 2.75) is 19.5 Å². The number of aromatic nitrogens is 2. The number of piperazine rings is 1. The van der Waals surface area contributed by atoms with Crippen molar-refractivity contribution in [3.8, 4) is 0 Å². The second-order valence-electron chi connectivity index (χ2n) is 6.15. The highest BCUT2D eigenvalue weighted by atomic mass is 16.2. The Labute approximate surface area is 147 Å². The van der Waals surface area contributed by atoms with Crippen LogP contribution in [0.4, 0.5) is 11.6 Å². The van der Waals surface area contributed by atoms with Crippen molar-refractivity contribution in [2.24, 2.45) is 5.73 Å². The molecule has 1 saturated heterocycles. The molecule has 0 radical (unpaired) electrons. The van der Waals surface area contributed by atoms with Gasteiger partial charge in [-0.15, -0.1) is 0 Å². The number of hydrogen-bond acceptors (Lipinski definition) is 6. The summed E-state index contributed by atoms with van der Waals surface area (Å²) < 4.78 is 0. The maximum Gasteiger partial charge on any atom is 0.236 e. The minimum atomic E-state index is -0.512. The van der Waals surface area contributed by atoms with Crippen molar-refractivity contribution in [3.63, 3.8) is 0 Å². The van der Waals surface area contributed by atoms with Gasteiger partial charge in [-0.2, -0.15) is 0 Å². The van der Waals surface area contributed by atoms with Gasteiger partial charge in [-0.05, 0) is 25.1 Å². The number of carbonyl (C=O) groups is 1. The number of nitrogens with zero attached hydrogens (tertiary/aromatic N) is 4. The smallest absolute Gasteiger partial charge is 0.236 e. The molecule has 1 amide bonds. The highest BCUT2D eigenvalue weighted by Gasteiger charge is 2.21. The average molecular weight is 340 g/mol. The van der Waals surface area contributed by atoms with E-state index in [2.05, 4.69) is 25.1 Å². The third-order valence-corrected chi connectivity index (χ3v) is 4.29. The van der Waals surface area contributed by atoms with Crippen LogP contribution in [0.15, 0.2) is 42.7 Å². The van der Waals surface area contributed by atoms with E-state index in [1.165, 1.54) is 0 Å². The Bertz CT molecular complexity index is 698. The molecule has 132 valence electrons. The first-order chi connectivity index (χ1) is 12.1. The van der Waals surface area contributed by atoms with Crippen LogP contribution in [0.5, 0.6) is 0 Å². The van der Waals surface area contributed by atoms with Gasteiger partial charge in [-0.25, -0.2) is 9.97 Å². The van der Waals surface area contributed by atoms with E-state index in [4.69, 9.17) is 5.73 Å². The van der Waals surface area contributed by atoms with E-state index in [1.807, 2.05) is 36.5 Å². The van der Waals surface area contributed by atoms with Gasteiger partial charge in [0, 0.05) is 50.7 Å². The maximum atomic E-state index is 11.7. The molecule has 2 aromatic rings. The molecule has 7 nitrogen and oxygen atoms in total. The lowest BCUT2D eigenvalue weighted by molar-refractivity contribution is -0.122. The standard InChI is InChI=1S/C18H24N6O/c1-14(19)18(25)22-13-15-5-4-8-21-17(15)24-11-9-23(10-12-24)16-6-2-3-7-20-16/h2-8,14H,9-13,19H2,1H3,(H,22,25)/t14-/m1/s1. The van der Waals surface area contributed by atoms with Crippen LogP contribution in [-0.4, -0.2) is 48.1 Å². The van der Waals surface area contributed by atoms with Crippen molar-refractivity contribution in [1.29, 1.82) is 0 Å². The Morgan fingerprint density at radius 1 is 1.12 bits per heavy atom. The number of hydrogen-bond donors (Lipinski definition) is 2. The monoisotopic (exact) mass is 340 g/mol. The molecule has 0 bridgehead atoms. The van der Waals surface area contributed by atoms with E-state index >= 15 is 0 Å². The summed E-state index contributed by atoms with van der Waals surface area (Å²) >= 11 is 0. The van der Waals surface area contributed by atoms with Crippen LogP contribution in [0.1, 0.15) is 12.5 Å². The van der Waals surface area contributed by atoms with Crippen molar-refractivity contribution in [1.82, 2.24) is 15.3 Å². The van der Waals surface area contributed by atoms with Crippen LogP contribution < -0.4 is 20.9 Å². The zero-order valence-corrected chi connectivity index (χ0v) is 14.4. The summed E-state index contributed by atoms with van der Waals surface area (Å²) in [5, 5.41) is 2.86. The number of amides is 1.